The first-order valence-electron chi connectivity index (χ1n) is 6.17. The van der Waals surface area contributed by atoms with Crippen LogP contribution in [0.5, 0.6) is 0 Å². The molecule has 18 heavy (non-hydrogen) atoms. The summed E-state index contributed by atoms with van der Waals surface area (Å²) in [7, 11) is 0. The van der Waals surface area contributed by atoms with E-state index in [1.165, 1.54) is 0 Å². The Morgan fingerprint density at radius 1 is 1.11 bits per heavy atom. The summed E-state index contributed by atoms with van der Waals surface area (Å²) < 4.78 is 9.77. The van der Waals surface area contributed by atoms with Gasteiger partial charge in [-0.15, -0.1) is 0 Å². The van der Waals surface area contributed by atoms with Crippen molar-refractivity contribution in [2.75, 3.05) is 19.8 Å². The van der Waals surface area contributed by atoms with Crippen molar-refractivity contribution >= 4 is 11.9 Å². The Morgan fingerprint density at radius 2 is 1.61 bits per heavy atom. The molecule has 1 N–H and O–H groups in total. The molecule has 0 aliphatic carbocycles. The molecule has 0 aromatic rings. The van der Waals surface area contributed by atoms with Crippen molar-refractivity contribution in [1.29, 1.82) is 0 Å². The molecule has 0 radical (unpaired) electrons. The van der Waals surface area contributed by atoms with E-state index in [4.69, 9.17) is 14.6 Å². The maximum absolute atomic E-state index is 11.7. The van der Waals surface area contributed by atoms with Gasteiger partial charge in [0, 0.05) is 0 Å². The molecule has 0 rings (SSSR count). The van der Waals surface area contributed by atoms with Crippen molar-refractivity contribution in [1.82, 2.24) is 0 Å². The fourth-order valence-corrected chi connectivity index (χ4v) is 1.55. The van der Waals surface area contributed by atoms with Gasteiger partial charge < -0.3 is 14.6 Å². The van der Waals surface area contributed by atoms with E-state index in [0.717, 1.165) is 0 Å². The van der Waals surface area contributed by atoms with Crippen LogP contribution in [0.25, 0.3) is 0 Å². The second-order valence-corrected chi connectivity index (χ2v) is 3.85. The summed E-state index contributed by atoms with van der Waals surface area (Å²) in [6.45, 7) is 5.56. The van der Waals surface area contributed by atoms with Gasteiger partial charge >= 0.3 is 11.9 Å². The number of aliphatic hydroxyl groups is 1. The highest BCUT2D eigenvalue weighted by atomic mass is 16.6. The van der Waals surface area contributed by atoms with E-state index >= 15 is 0 Å². The third kappa shape index (κ3) is 5.82. The molecule has 0 aromatic carbocycles. The number of ether oxygens (including phenoxy) is 2. The molecule has 0 heterocycles. The van der Waals surface area contributed by atoms with E-state index in [0.29, 0.717) is 6.42 Å². The Hall–Kier alpha value is -1.36. The molecule has 0 unspecified atom stereocenters. The molecule has 0 amide bonds. The number of hydrogen-bond acceptors (Lipinski definition) is 5. The monoisotopic (exact) mass is 258 g/mol. The molecule has 0 spiro atoms. The van der Waals surface area contributed by atoms with Crippen molar-refractivity contribution in [3.8, 4) is 0 Å². The number of carbonyl (C=O) groups is 2. The summed E-state index contributed by atoms with van der Waals surface area (Å²) in [5.41, 5.74) is 0. The van der Waals surface area contributed by atoms with Gasteiger partial charge in [0.2, 0.25) is 0 Å². The molecule has 0 aliphatic heterocycles. The molecule has 0 fully saturated rings. The highest BCUT2D eigenvalue weighted by Gasteiger charge is 2.34. The molecule has 104 valence electrons. The van der Waals surface area contributed by atoms with E-state index in [9.17, 15) is 9.59 Å². The minimum Gasteiger partial charge on any atom is -0.465 e. The van der Waals surface area contributed by atoms with E-state index in [2.05, 4.69) is 0 Å². The third-order valence-corrected chi connectivity index (χ3v) is 2.43. The summed E-state index contributed by atoms with van der Waals surface area (Å²) in [4.78, 5) is 23.5. The van der Waals surface area contributed by atoms with Gasteiger partial charge in [0.05, 0.1) is 19.8 Å². The topological polar surface area (TPSA) is 72.8 Å². The average molecular weight is 258 g/mol. The van der Waals surface area contributed by atoms with Gasteiger partial charge in [-0.3, -0.25) is 9.59 Å². The van der Waals surface area contributed by atoms with E-state index in [-0.39, 0.29) is 25.7 Å². The van der Waals surface area contributed by atoms with Gasteiger partial charge in [-0.25, -0.2) is 0 Å². The van der Waals surface area contributed by atoms with Crippen molar-refractivity contribution in [2.24, 2.45) is 11.8 Å². The number of allylic oxidation sites excluding steroid dienone is 1. The lowest BCUT2D eigenvalue weighted by molar-refractivity contribution is -0.164. The minimum absolute atomic E-state index is 0.0593. The number of rotatable bonds is 8. The Morgan fingerprint density at radius 3 is 2.00 bits per heavy atom. The van der Waals surface area contributed by atoms with E-state index in [1.807, 2.05) is 0 Å². The summed E-state index contributed by atoms with van der Waals surface area (Å²) in [5, 5.41) is 8.63. The zero-order valence-electron chi connectivity index (χ0n) is 11.2. The fraction of sp³-hybridized carbons (Fsp3) is 0.692. The SMILES string of the molecule is CCOC(=O)C(C(=O)OCC)[C@@H](C)C/C=C\CO. The molecule has 0 aliphatic rings. The van der Waals surface area contributed by atoms with Crippen LogP contribution in [0.1, 0.15) is 27.2 Å². The molecule has 0 aromatic heterocycles. The van der Waals surface area contributed by atoms with E-state index < -0.39 is 17.9 Å². The zero-order valence-corrected chi connectivity index (χ0v) is 11.2. The molecule has 5 heteroatoms. The molecule has 1 atom stereocenters. The van der Waals surface area contributed by atoms with Crippen LogP contribution in [0.4, 0.5) is 0 Å². The van der Waals surface area contributed by atoms with Crippen molar-refractivity contribution in [2.45, 2.75) is 27.2 Å². The molecule has 0 bridgehead atoms. The van der Waals surface area contributed by atoms with Gasteiger partial charge in [0.25, 0.3) is 0 Å². The predicted octanol–water partition coefficient (Wildman–Crippen LogP) is 1.30. The number of esters is 2. The predicted molar refractivity (Wildman–Crippen MR) is 66.8 cm³/mol. The van der Waals surface area contributed by atoms with Crippen LogP contribution >= 0.6 is 0 Å². The second-order valence-electron chi connectivity index (χ2n) is 3.85. The largest absolute Gasteiger partial charge is 0.465 e. The average Bonchev–Trinajstić information content (AvgIpc) is 2.30. The highest BCUT2D eigenvalue weighted by Crippen LogP contribution is 2.19. The second kappa shape index (κ2) is 9.65. The molecule has 0 saturated heterocycles. The van der Waals surface area contributed by atoms with Crippen LogP contribution < -0.4 is 0 Å². The first-order valence-corrected chi connectivity index (χ1v) is 6.17. The Labute approximate surface area is 108 Å². The standard InChI is InChI=1S/C13H22O5/c1-4-17-12(15)11(13(16)18-5-2)10(3)8-6-7-9-14/h6-7,10-11,14H,4-5,8-9H2,1-3H3/b7-6-/t10-/m0/s1. The number of aliphatic hydroxyl groups excluding tert-OH is 1. The lowest BCUT2D eigenvalue weighted by Gasteiger charge is -2.19. The quantitative estimate of drug-likeness (QED) is 0.403. The summed E-state index contributed by atoms with van der Waals surface area (Å²) >= 11 is 0. The third-order valence-electron chi connectivity index (χ3n) is 2.43. The van der Waals surface area contributed by atoms with Gasteiger partial charge in [-0.1, -0.05) is 19.1 Å². The summed E-state index contributed by atoms with van der Waals surface area (Å²) in [6, 6.07) is 0. The fourth-order valence-electron chi connectivity index (χ4n) is 1.55. The normalized spacial score (nSPS) is 12.7. The minimum atomic E-state index is -0.909. The van der Waals surface area contributed by atoms with Crippen LogP contribution in [-0.2, 0) is 19.1 Å². The lowest BCUT2D eigenvalue weighted by atomic mass is 9.91. The van der Waals surface area contributed by atoms with Crippen LogP contribution in [0, 0.1) is 11.8 Å². The Balaban J connectivity index is 4.68. The van der Waals surface area contributed by atoms with Crippen LogP contribution in [0.15, 0.2) is 12.2 Å². The molecular weight excluding hydrogens is 236 g/mol. The maximum atomic E-state index is 11.7. The van der Waals surface area contributed by atoms with Crippen LogP contribution in [-0.4, -0.2) is 36.9 Å². The Bertz CT molecular complexity index is 267. The van der Waals surface area contributed by atoms with Crippen LogP contribution in [0.2, 0.25) is 0 Å². The van der Waals surface area contributed by atoms with Gasteiger partial charge in [0.15, 0.2) is 5.92 Å². The van der Waals surface area contributed by atoms with Crippen LogP contribution in [0.3, 0.4) is 0 Å². The molecular formula is C13H22O5. The lowest BCUT2D eigenvalue weighted by Crippen LogP contribution is -2.33. The van der Waals surface area contributed by atoms with Crippen molar-refractivity contribution in [3.63, 3.8) is 0 Å². The maximum Gasteiger partial charge on any atom is 0.320 e. The first kappa shape index (κ1) is 16.6. The summed E-state index contributed by atoms with van der Waals surface area (Å²) in [5.74, 6) is -2.25. The molecule has 5 nitrogen and oxygen atoms in total. The molecule has 0 saturated carbocycles. The van der Waals surface area contributed by atoms with Crippen molar-refractivity contribution in [3.05, 3.63) is 12.2 Å². The number of carbonyl (C=O) groups excluding carboxylic acids is 2. The highest BCUT2D eigenvalue weighted by molar-refractivity contribution is 5.95. The van der Waals surface area contributed by atoms with E-state index in [1.54, 1.807) is 32.9 Å². The van der Waals surface area contributed by atoms with Gasteiger partial charge in [-0.2, -0.15) is 0 Å². The van der Waals surface area contributed by atoms with Gasteiger partial charge in [-0.05, 0) is 26.2 Å². The smallest absolute Gasteiger partial charge is 0.320 e. The summed E-state index contributed by atoms with van der Waals surface area (Å²) in [6.07, 6.45) is 3.81. The number of hydrogen-bond donors (Lipinski definition) is 1. The zero-order chi connectivity index (χ0) is 14.0. The first-order chi connectivity index (χ1) is 8.58. The van der Waals surface area contributed by atoms with Crippen molar-refractivity contribution < 1.29 is 24.2 Å². The Kier molecular flexibility index (Phi) is 8.92. The van der Waals surface area contributed by atoms with Gasteiger partial charge in [0.1, 0.15) is 0 Å².